The monoisotopic (exact) mass is 498 g/mol. The van der Waals surface area contributed by atoms with Gasteiger partial charge in [0.2, 0.25) is 10.0 Å². The van der Waals surface area contributed by atoms with Crippen LogP contribution in [0.2, 0.25) is 0 Å². The van der Waals surface area contributed by atoms with Gasteiger partial charge in [-0.2, -0.15) is 5.26 Å². The van der Waals surface area contributed by atoms with Gasteiger partial charge in [0.15, 0.2) is 12.5 Å². The third kappa shape index (κ3) is 7.16. The van der Waals surface area contributed by atoms with Crippen LogP contribution in [0.15, 0.2) is 54.6 Å². The maximum Gasteiger partial charge on any atom is 0.323 e. The highest BCUT2D eigenvalue weighted by atomic mass is 32.2. The van der Waals surface area contributed by atoms with E-state index < -0.39 is 27.8 Å². The topological polar surface area (TPSA) is 135 Å². The zero-order valence-electron chi connectivity index (χ0n) is 19.4. The largest absolute Gasteiger partial charge is 0.467 e. The lowest BCUT2D eigenvalue weighted by molar-refractivity contribution is -0.139. The number of sulfonamides is 1. The Morgan fingerprint density at radius 1 is 1.11 bits per heavy atom. The summed E-state index contributed by atoms with van der Waals surface area (Å²) in [5.74, 6) is -1.26. The minimum Gasteiger partial charge on any atom is -0.467 e. The first-order chi connectivity index (χ1) is 16.7. The molecule has 0 spiro atoms. The second kappa shape index (κ2) is 11.7. The predicted octanol–water partition coefficient (Wildman–Crippen LogP) is 3.28. The van der Waals surface area contributed by atoms with Gasteiger partial charge in [0.05, 0.1) is 24.3 Å². The zero-order valence-corrected chi connectivity index (χ0v) is 20.2. The fourth-order valence-corrected chi connectivity index (χ4v) is 4.46. The van der Waals surface area contributed by atoms with E-state index >= 15 is 0 Å². The molecule has 0 heterocycles. The van der Waals surface area contributed by atoms with Gasteiger partial charge < -0.3 is 19.3 Å². The molecule has 3 rings (SSSR count). The number of rotatable bonds is 11. The zero-order chi connectivity index (χ0) is 25.4. The maximum absolute atomic E-state index is 12.3. The summed E-state index contributed by atoms with van der Waals surface area (Å²) >= 11 is 0. The number of ether oxygens (including phenoxy) is 3. The van der Waals surface area contributed by atoms with E-state index in [9.17, 15) is 18.3 Å². The second-order valence-corrected chi connectivity index (χ2v) is 9.41. The van der Waals surface area contributed by atoms with Gasteiger partial charge in [-0.15, -0.1) is 0 Å². The molecule has 3 aromatic carbocycles. The molecule has 0 aromatic heterocycles. The van der Waals surface area contributed by atoms with Crippen molar-refractivity contribution in [2.75, 3.05) is 31.0 Å². The van der Waals surface area contributed by atoms with Gasteiger partial charge in [-0.3, -0.25) is 9.52 Å². The summed E-state index contributed by atoms with van der Waals surface area (Å²) in [7, 11) is -2.52. The number of nitriles is 1. The molecule has 0 aliphatic rings. The fourth-order valence-electron chi connectivity index (χ4n) is 3.51. The van der Waals surface area contributed by atoms with Crippen molar-refractivity contribution in [3.63, 3.8) is 0 Å². The number of fused-ring (bicyclic) bond motifs is 1. The van der Waals surface area contributed by atoms with Gasteiger partial charge >= 0.3 is 5.97 Å². The molecule has 0 radical (unpaired) electrons. The molecule has 0 bridgehead atoms. The molecular formula is C25H26N2O7S. The van der Waals surface area contributed by atoms with E-state index in [-0.39, 0.29) is 25.5 Å². The molecule has 1 atom stereocenters. The average Bonchev–Trinajstić information content (AvgIpc) is 2.82. The van der Waals surface area contributed by atoms with Crippen LogP contribution in [0.5, 0.6) is 5.75 Å². The molecule has 2 N–H and O–H groups in total. The molecule has 3 aromatic rings. The van der Waals surface area contributed by atoms with Crippen molar-refractivity contribution in [3.8, 4) is 11.8 Å². The van der Waals surface area contributed by atoms with E-state index in [4.69, 9.17) is 19.5 Å². The third-order valence-electron chi connectivity index (χ3n) is 5.07. The lowest BCUT2D eigenvalue weighted by atomic mass is 9.97. The van der Waals surface area contributed by atoms with Crippen LogP contribution >= 0.6 is 0 Å². The number of hydrogen-bond acceptors (Lipinski definition) is 8. The van der Waals surface area contributed by atoms with Gasteiger partial charge in [-0.1, -0.05) is 18.2 Å². The molecule has 184 valence electrons. The lowest BCUT2D eigenvalue weighted by Crippen LogP contribution is -2.24. The Morgan fingerprint density at radius 2 is 1.89 bits per heavy atom. The van der Waals surface area contributed by atoms with Gasteiger partial charge in [-0.05, 0) is 65.2 Å². The van der Waals surface area contributed by atoms with Gasteiger partial charge in [0.1, 0.15) is 5.75 Å². The Bertz CT molecular complexity index is 1350. The van der Waals surface area contributed by atoms with E-state index in [1.807, 2.05) is 18.2 Å². The minimum atomic E-state index is -3.99. The summed E-state index contributed by atoms with van der Waals surface area (Å²) in [6.07, 6.45) is -0.836. The summed E-state index contributed by atoms with van der Waals surface area (Å²) in [5, 5.41) is 21.9. The Kier molecular flexibility index (Phi) is 8.65. The number of esters is 1. The molecule has 10 heteroatoms. The quantitative estimate of drug-likeness (QED) is 0.304. The number of carbonyl (C=O) groups excluding carboxylic acids is 1. The number of methoxy groups -OCH3 is 1. The Balaban J connectivity index is 1.86. The first-order valence-corrected chi connectivity index (χ1v) is 12.4. The lowest BCUT2D eigenvalue weighted by Gasteiger charge is -2.17. The smallest absolute Gasteiger partial charge is 0.323 e. The SMILES string of the molecule is CCOC(=O)CS(=O)(=O)Nc1ccc(OCOC)c(CC(O)c2ccc3ccc(C#N)cc3c2)c1. The number of anilines is 1. The van der Waals surface area contributed by atoms with Crippen molar-refractivity contribution in [1.29, 1.82) is 5.26 Å². The van der Waals surface area contributed by atoms with Gasteiger partial charge in [0, 0.05) is 19.2 Å². The molecular weight excluding hydrogens is 472 g/mol. The van der Waals surface area contributed by atoms with Crippen molar-refractivity contribution in [2.45, 2.75) is 19.4 Å². The number of aliphatic hydroxyl groups is 1. The Morgan fingerprint density at radius 3 is 2.60 bits per heavy atom. The summed E-state index contributed by atoms with van der Waals surface area (Å²) < 4.78 is 42.3. The molecule has 0 fully saturated rings. The summed E-state index contributed by atoms with van der Waals surface area (Å²) in [6, 6.07) is 17.5. The van der Waals surface area contributed by atoms with Crippen molar-refractivity contribution in [2.24, 2.45) is 0 Å². The van der Waals surface area contributed by atoms with E-state index in [0.29, 0.717) is 22.4 Å². The van der Waals surface area contributed by atoms with Gasteiger partial charge in [-0.25, -0.2) is 8.42 Å². The molecule has 0 amide bonds. The van der Waals surface area contributed by atoms with Crippen molar-refractivity contribution < 1.29 is 32.5 Å². The van der Waals surface area contributed by atoms with Crippen LogP contribution in [0.3, 0.4) is 0 Å². The molecule has 0 aliphatic carbocycles. The van der Waals surface area contributed by atoms with E-state index in [0.717, 1.165) is 10.8 Å². The highest BCUT2D eigenvalue weighted by molar-refractivity contribution is 7.93. The van der Waals surface area contributed by atoms with Crippen LogP contribution in [0.1, 0.15) is 29.7 Å². The molecule has 0 aliphatic heterocycles. The predicted molar refractivity (Wildman–Crippen MR) is 130 cm³/mol. The summed E-state index contributed by atoms with van der Waals surface area (Å²) in [6.45, 7) is 1.63. The highest BCUT2D eigenvalue weighted by Crippen LogP contribution is 2.30. The highest BCUT2D eigenvalue weighted by Gasteiger charge is 2.19. The molecule has 0 saturated heterocycles. The summed E-state index contributed by atoms with van der Waals surface area (Å²) in [5.41, 5.74) is 1.87. The van der Waals surface area contributed by atoms with Crippen molar-refractivity contribution in [3.05, 3.63) is 71.3 Å². The first-order valence-electron chi connectivity index (χ1n) is 10.8. The first kappa shape index (κ1) is 26.0. The van der Waals surface area contributed by atoms with Crippen LogP contribution in [0.25, 0.3) is 10.8 Å². The Labute approximate surface area is 203 Å². The number of benzene rings is 3. The van der Waals surface area contributed by atoms with Crippen molar-refractivity contribution in [1.82, 2.24) is 0 Å². The number of hydrogen-bond donors (Lipinski definition) is 2. The number of aliphatic hydroxyl groups excluding tert-OH is 1. The number of nitrogens with zero attached hydrogens (tertiary/aromatic N) is 1. The standard InChI is InChI=1S/C25H26N2O7S/c1-3-33-25(29)15-35(30,31)27-22-8-9-24(34-16-32-2)21(12-22)13-23(28)19-7-6-18-5-4-17(14-26)10-20(18)11-19/h4-12,23,27-28H,3,13,15-16H2,1-2H3. The Hall–Kier alpha value is -3.65. The number of nitrogens with one attached hydrogen (secondary N) is 1. The molecule has 1 unspecified atom stereocenters. The summed E-state index contributed by atoms with van der Waals surface area (Å²) in [4.78, 5) is 11.6. The van der Waals surface area contributed by atoms with E-state index in [1.165, 1.54) is 19.2 Å². The van der Waals surface area contributed by atoms with Gasteiger partial charge in [0.25, 0.3) is 0 Å². The van der Waals surface area contributed by atoms with Crippen LogP contribution in [0, 0.1) is 11.3 Å². The van der Waals surface area contributed by atoms with Crippen molar-refractivity contribution >= 4 is 32.5 Å². The fraction of sp³-hybridized carbons (Fsp3) is 0.280. The van der Waals surface area contributed by atoms with Crippen LogP contribution in [-0.2, 0) is 30.7 Å². The van der Waals surface area contributed by atoms with Crippen LogP contribution < -0.4 is 9.46 Å². The van der Waals surface area contributed by atoms with Crippen LogP contribution in [-0.4, -0.2) is 45.8 Å². The molecule has 35 heavy (non-hydrogen) atoms. The third-order valence-corrected chi connectivity index (χ3v) is 6.23. The molecule has 9 nitrogen and oxygen atoms in total. The second-order valence-electron chi connectivity index (χ2n) is 7.69. The van der Waals surface area contributed by atoms with E-state index in [2.05, 4.69) is 10.8 Å². The maximum atomic E-state index is 12.3. The molecule has 0 saturated carbocycles. The average molecular weight is 499 g/mol. The van der Waals surface area contributed by atoms with Crippen LogP contribution in [0.4, 0.5) is 5.69 Å². The minimum absolute atomic E-state index is 0.0378. The normalized spacial score (nSPS) is 12.1. The number of carbonyl (C=O) groups is 1. The van der Waals surface area contributed by atoms with E-state index in [1.54, 1.807) is 31.2 Å².